The lowest BCUT2D eigenvalue weighted by Gasteiger charge is -2.23. The lowest BCUT2D eigenvalue weighted by molar-refractivity contribution is -0.143. The van der Waals surface area contributed by atoms with E-state index >= 15 is 0 Å². The van der Waals surface area contributed by atoms with Gasteiger partial charge in [-0.05, 0) is 26.7 Å². The molecule has 1 rings (SSSR count). The summed E-state index contributed by atoms with van der Waals surface area (Å²) in [6, 6.07) is -0.453. The van der Waals surface area contributed by atoms with Crippen molar-refractivity contribution in [3.8, 4) is 0 Å². The highest BCUT2D eigenvalue weighted by atomic mass is 32.2. The van der Waals surface area contributed by atoms with Crippen LogP contribution in [0, 0.1) is 5.92 Å². The highest BCUT2D eigenvalue weighted by Gasteiger charge is 2.30. The molecule has 9 heteroatoms. The number of carboxylic acid groups (broad SMARTS) is 1. The van der Waals surface area contributed by atoms with Gasteiger partial charge < -0.3 is 15.2 Å². The van der Waals surface area contributed by atoms with Crippen LogP contribution in [0.15, 0.2) is 0 Å². The van der Waals surface area contributed by atoms with Gasteiger partial charge in [-0.25, -0.2) is 13.1 Å². The number of carbonyl (C=O) groups is 2. The zero-order valence-corrected chi connectivity index (χ0v) is 15.1. The Labute approximate surface area is 143 Å². The Balaban J connectivity index is 2.45. The molecule has 3 N–H and O–H groups in total. The van der Waals surface area contributed by atoms with Gasteiger partial charge in [0.25, 0.3) is 0 Å². The highest BCUT2D eigenvalue weighted by molar-refractivity contribution is 7.89. The monoisotopic (exact) mass is 364 g/mol. The van der Waals surface area contributed by atoms with Crippen LogP contribution in [0.3, 0.4) is 0 Å². The van der Waals surface area contributed by atoms with Gasteiger partial charge in [-0.2, -0.15) is 0 Å². The quantitative estimate of drug-likeness (QED) is 0.512. The molecular weight excluding hydrogens is 336 g/mol. The third-order valence-electron chi connectivity index (χ3n) is 3.94. The topological polar surface area (TPSA) is 122 Å². The molecule has 8 nitrogen and oxygen atoms in total. The maximum absolute atomic E-state index is 12.0. The lowest BCUT2D eigenvalue weighted by Crippen LogP contribution is -2.47. The summed E-state index contributed by atoms with van der Waals surface area (Å²) >= 11 is 0. The standard InChI is InChI=1S/C15H28N2O6S/c1-11(2)23-8-9-24(21,22)16-10-14(18)17-13-7-5-3-4-6-12(13)15(19)20/h11-13,16H,3-10H2,1-2H3,(H,17,18)(H,19,20)/t12-,13+/m1/s1. The SMILES string of the molecule is CC(C)OCCS(=O)(=O)NCC(=O)N[C@H]1CCCCC[C@H]1C(=O)O. The number of ether oxygens (including phenoxy) is 1. The third kappa shape index (κ3) is 8.07. The van der Waals surface area contributed by atoms with Crippen molar-refractivity contribution in [3.05, 3.63) is 0 Å². The molecule has 0 aliphatic heterocycles. The molecule has 1 saturated carbocycles. The molecular formula is C15H28N2O6S. The normalized spacial score (nSPS) is 22.1. The summed E-state index contributed by atoms with van der Waals surface area (Å²) < 4.78 is 30.9. The molecule has 1 amide bonds. The molecule has 2 atom stereocenters. The number of hydrogen-bond donors (Lipinski definition) is 3. The molecule has 0 aromatic rings. The van der Waals surface area contributed by atoms with Crippen LogP contribution in [0.5, 0.6) is 0 Å². The van der Waals surface area contributed by atoms with Crippen LogP contribution in [-0.4, -0.2) is 56.5 Å². The van der Waals surface area contributed by atoms with Gasteiger partial charge in [0.1, 0.15) is 0 Å². The van der Waals surface area contributed by atoms with E-state index in [0.29, 0.717) is 12.8 Å². The fraction of sp³-hybridized carbons (Fsp3) is 0.867. The van der Waals surface area contributed by atoms with E-state index in [2.05, 4.69) is 10.0 Å². The predicted molar refractivity (Wildman–Crippen MR) is 89.0 cm³/mol. The smallest absolute Gasteiger partial charge is 0.308 e. The summed E-state index contributed by atoms with van der Waals surface area (Å²) in [4.78, 5) is 23.3. The Morgan fingerprint density at radius 2 is 1.88 bits per heavy atom. The highest BCUT2D eigenvalue weighted by Crippen LogP contribution is 2.23. The van der Waals surface area contributed by atoms with Gasteiger partial charge in [0, 0.05) is 6.04 Å². The second-order valence-electron chi connectivity index (χ2n) is 6.32. The summed E-state index contributed by atoms with van der Waals surface area (Å²) in [5.74, 6) is -2.28. The Morgan fingerprint density at radius 1 is 1.21 bits per heavy atom. The van der Waals surface area contributed by atoms with E-state index in [9.17, 15) is 23.1 Å². The third-order valence-corrected chi connectivity index (χ3v) is 5.22. The minimum absolute atomic E-state index is 0.0539. The first kappa shape index (κ1) is 20.9. The van der Waals surface area contributed by atoms with Crippen molar-refractivity contribution in [3.63, 3.8) is 0 Å². The average molecular weight is 364 g/mol. The molecule has 140 valence electrons. The molecule has 0 radical (unpaired) electrons. The zero-order chi connectivity index (χ0) is 18.2. The molecule has 0 bridgehead atoms. The summed E-state index contributed by atoms with van der Waals surface area (Å²) in [5, 5.41) is 11.9. The van der Waals surface area contributed by atoms with Gasteiger partial charge in [0.05, 0.1) is 30.9 Å². The first-order chi connectivity index (χ1) is 11.2. The lowest BCUT2D eigenvalue weighted by atomic mass is 9.95. The van der Waals surface area contributed by atoms with E-state index in [4.69, 9.17) is 4.74 Å². The van der Waals surface area contributed by atoms with Crippen molar-refractivity contribution in [2.24, 2.45) is 5.92 Å². The first-order valence-corrected chi connectivity index (χ1v) is 9.97. The van der Waals surface area contributed by atoms with Gasteiger partial charge in [-0.15, -0.1) is 0 Å². The molecule has 1 aliphatic rings. The maximum Gasteiger partial charge on any atom is 0.308 e. The van der Waals surface area contributed by atoms with E-state index in [-0.39, 0.29) is 18.5 Å². The van der Waals surface area contributed by atoms with Crippen LogP contribution < -0.4 is 10.0 Å². The summed E-state index contributed by atoms with van der Waals surface area (Å²) in [6.07, 6.45) is 3.68. The van der Waals surface area contributed by atoms with Gasteiger partial charge >= 0.3 is 5.97 Å². The number of nitrogens with one attached hydrogen (secondary N) is 2. The van der Waals surface area contributed by atoms with E-state index in [1.54, 1.807) is 13.8 Å². The Bertz CT molecular complexity index is 520. The minimum Gasteiger partial charge on any atom is -0.481 e. The number of amides is 1. The second kappa shape index (κ2) is 9.95. The number of aliphatic carboxylic acids is 1. The molecule has 0 heterocycles. The van der Waals surface area contributed by atoms with Crippen LogP contribution in [0.2, 0.25) is 0 Å². The molecule has 24 heavy (non-hydrogen) atoms. The van der Waals surface area contributed by atoms with E-state index in [1.807, 2.05) is 0 Å². The fourth-order valence-corrected chi connectivity index (χ4v) is 3.49. The summed E-state index contributed by atoms with van der Waals surface area (Å²) in [6.45, 7) is 3.27. The maximum atomic E-state index is 12.0. The molecule has 0 aromatic heterocycles. The minimum atomic E-state index is -3.60. The van der Waals surface area contributed by atoms with E-state index in [0.717, 1.165) is 19.3 Å². The number of rotatable bonds is 9. The van der Waals surface area contributed by atoms with E-state index < -0.39 is 40.4 Å². The number of sulfonamides is 1. The zero-order valence-electron chi connectivity index (χ0n) is 14.3. The van der Waals surface area contributed by atoms with Gasteiger partial charge in [0.2, 0.25) is 15.9 Å². The van der Waals surface area contributed by atoms with Gasteiger partial charge in [-0.3, -0.25) is 9.59 Å². The van der Waals surface area contributed by atoms with E-state index in [1.165, 1.54) is 0 Å². The van der Waals surface area contributed by atoms with Crippen molar-refractivity contribution in [1.82, 2.24) is 10.0 Å². The van der Waals surface area contributed by atoms with Crippen molar-refractivity contribution < 1.29 is 27.9 Å². The molecule has 0 unspecified atom stereocenters. The molecule has 1 fully saturated rings. The van der Waals surface area contributed by atoms with Crippen molar-refractivity contribution in [2.45, 2.75) is 58.1 Å². The van der Waals surface area contributed by atoms with Crippen molar-refractivity contribution in [2.75, 3.05) is 18.9 Å². The van der Waals surface area contributed by atoms with Crippen molar-refractivity contribution >= 4 is 21.9 Å². The Kier molecular flexibility index (Phi) is 8.65. The van der Waals surface area contributed by atoms with Crippen LogP contribution in [0.1, 0.15) is 46.0 Å². The van der Waals surface area contributed by atoms with Crippen LogP contribution >= 0.6 is 0 Å². The number of carbonyl (C=O) groups excluding carboxylic acids is 1. The van der Waals surface area contributed by atoms with Crippen LogP contribution in [0.25, 0.3) is 0 Å². The first-order valence-electron chi connectivity index (χ1n) is 8.32. The largest absolute Gasteiger partial charge is 0.481 e. The second-order valence-corrected chi connectivity index (χ2v) is 8.24. The van der Waals surface area contributed by atoms with Crippen LogP contribution in [0.4, 0.5) is 0 Å². The average Bonchev–Trinajstić information content (AvgIpc) is 2.70. The number of carboxylic acids is 1. The van der Waals surface area contributed by atoms with Gasteiger partial charge in [-0.1, -0.05) is 19.3 Å². The van der Waals surface area contributed by atoms with Gasteiger partial charge in [0.15, 0.2) is 0 Å². The predicted octanol–water partition coefficient (Wildman–Crippen LogP) is 0.481. The molecule has 1 aliphatic carbocycles. The molecule has 0 spiro atoms. The number of hydrogen-bond acceptors (Lipinski definition) is 5. The van der Waals surface area contributed by atoms with Crippen molar-refractivity contribution in [1.29, 1.82) is 0 Å². The van der Waals surface area contributed by atoms with Crippen LogP contribution in [-0.2, 0) is 24.3 Å². The Morgan fingerprint density at radius 3 is 2.50 bits per heavy atom. The summed E-state index contributed by atoms with van der Waals surface area (Å²) in [5.41, 5.74) is 0. The summed E-state index contributed by atoms with van der Waals surface area (Å²) in [7, 11) is -3.60. The Hall–Kier alpha value is -1.19. The fourth-order valence-electron chi connectivity index (χ4n) is 2.67. The molecule has 0 saturated heterocycles. The molecule has 0 aromatic carbocycles.